The van der Waals surface area contributed by atoms with Crippen molar-refractivity contribution < 1.29 is 19.4 Å². The maximum atomic E-state index is 13.2. The molecule has 0 unspecified atom stereocenters. The van der Waals surface area contributed by atoms with Crippen molar-refractivity contribution in [1.82, 2.24) is 9.88 Å². The topological polar surface area (TPSA) is 116 Å². The first kappa shape index (κ1) is 24.2. The number of carboxylic acids is 1. The largest absolute Gasteiger partial charge is 0.492 e. The zero-order valence-corrected chi connectivity index (χ0v) is 20.1. The molecular formula is C25H32N4O4. The first-order valence-electron chi connectivity index (χ1n) is 11.0. The first-order valence-corrected chi connectivity index (χ1v) is 11.0. The number of amidine groups is 1. The highest BCUT2D eigenvalue weighted by Gasteiger charge is 2.31. The average molecular weight is 453 g/mol. The van der Waals surface area contributed by atoms with Crippen molar-refractivity contribution in [3.63, 3.8) is 0 Å². The zero-order chi connectivity index (χ0) is 24.5. The van der Waals surface area contributed by atoms with Crippen LogP contribution in [0.2, 0.25) is 0 Å². The van der Waals surface area contributed by atoms with E-state index in [1.165, 1.54) is 0 Å². The van der Waals surface area contributed by atoms with Crippen LogP contribution < -0.4 is 10.1 Å². The second kappa shape index (κ2) is 9.21. The minimum atomic E-state index is -0.950. The lowest BCUT2D eigenvalue weighted by Gasteiger charge is -2.24. The number of aromatic nitrogens is 1. The molecule has 8 nitrogen and oxygen atoms in total. The summed E-state index contributed by atoms with van der Waals surface area (Å²) >= 11 is 0. The highest BCUT2D eigenvalue weighted by atomic mass is 16.5. The molecule has 33 heavy (non-hydrogen) atoms. The molecule has 0 spiro atoms. The Labute approximate surface area is 194 Å². The molecule has 0 fully saturated rings. The summed E-state index contributed by atoms with van der Waals surface area (Å²) in [6.07, 6.45) is 0. The number of anilines is 1. The third-order valence-corrected chi connectivity index (χ3v) is 5.78. The van der Waals surface area contributed by atoms with Gasteiger partial charge in [-0.3, -0.25) is 15.0 Å². The van der Waals surface area contributed by atoms with E-state index in [1.54, 1.807) is 17.0 Å². The van der Waals surface area contributed by atoms with Crippen molar-refractivity contribution in [1.29, 1.82) is 5.41 Å². The zero-order valence-electron chi connectivity index (χ0n) is 20.1. The molecule has 0 bridgehead atoms. The van der Waals surface area contributed by atoms with Crippen LogP contribution in [-0.2, 0) is 16.8 Å². The Morgan fingerprint density at radius 1 is 1.27 bits per heavy atom. The lowest BCUT2D eigenvalue weighted by molar-refractivity contribution is -0.134. The van der Waals surface area contributed by atoms with Crippen molar-refractivity contribution in [3.05, 3.63) is 51.8 Å². The molecule has 0 atom stereocenters. The van der Waals surface area contributed by atoms with E-state index in [1.807, 2.05) is 47.6 Å². The molecule has 8 heteroatoms. The molecule has 1 aromatic carbocycles. The molecule has 0 amide bonds. The number of aliphatic carboxylic acids is 1. The predicted octanol–water partition coefficient (Wildman–Crippen LogP) is 3.92. The molecule has 0 radical (unpaired) electrons. The van der Waals surface area contributed by atoms with Gasteiger partial charge in [0.15, 0.2) is 5.78 Å². The number of ether oxygens (including phenoxy) is 1. The Bertz CT molecular complexity index is 1120. The fraction of sp³-hybridized carbons (Fsp3) is 0.440. The fourth-order valence-corrected chi connectivity index (χ4v) is 4.10. The number of hydrogen-bond donors (Lipinski definition) is 3. The van der Waals surface area contributed by atoms with E-state index in [0.717, 1.165) is 28.1 Å². The summed E-state index contributed by atoms with van der Waals surface area (Å²) in [6.45, 7) is 12.6. The van der Waals surface area contributed by atoms with Crippen molar-refractivity contribution >= 4 is 23.3 Å². The minimum absolute atomic E-state index is 0.0587. The number of carbonyl (C=O) groups excluding carboxylic acids is 1. The summed E-state index contributed by atoms with van der Waals surface area (Å²) < 4.78 is 5.74. The van der Waals surface area contributed by atoms with Gasteiger partial charge in [-0.1, -0.05) is 20.8 Å². The van der Waals surface area contributed by atoms with Crippen LogP contribution >= 0.6 is 0 Å². The van der Waals surface area contributed by atoms with E-state index in [2.05, 4.69) is 10.3 Å². The van der Waals surface area contributed by atoms with Crippen molar-refractivity contribution in [3.8, 4) is 5.75 Å². The highest BCUT2D eigenvalue weighted by molar-refractivity contribution is 6.04. The molecule has 176 valence electrons. The van der Waals surface area contributed by atoms with Crippen LogP contribution in [0.3, 0.4) is 0 Å². The maximum Gasteiger partial charge on any atom is 0.322 e. The number of pyridine rings is 1. The van der Waals surface area contributed by atoms with Crippen LogP contribution in [0.5, 0.6) is 5.75 Å². The quantitative estimate of drug-likeness (QED) is 0.520. The summed E-state index contributed by atoms with van der Waals surface area (Å²) in [5.74, 6) is -0.0733. The summed E-state index contributed by atoms with van der Waals surface area (Å²) in [7, 11) is 0. The molecule has 0 aliphatic carbocycles. The number of Topliss-reactive ketones (excluding diaryl/α,β-unsaturated/α-hetero) is 1. The van der Waals surface area contributed by atoms with E-state index >= 15 is 0 Å². The minimum Gasteiger partial charge on any atom is -0.492 e. The van der Waals surface area contributed by atoms with E-state index < -0.39 is 5.97 Å². The van der Waals surface area contributed by atoms with Gasteiger partial charge in [-0.15, -0.1) is 0 Å². The van der Waals surface area contributed by atoms with Gasteiger partial charge in [-0.05, 0) is 49.9 Å². The number of hydrogen-bond acceptors (Lipinski definition) is 6. The van der Waals surface area contributed by atoms with Gasteiger partial charge in [0.2, 0.25) is 0 Å². The lowest BCUT2D eigenvalue weighted by Crippen LogP contribution is -2.30. The number of rotatable bonds is 8. The van der Waals surface area contributed by atoms with Crippen LogP contribution in [0.15, 0.2) is 18.2 Å². The Morgan fingerprint density at radius 3 is 2.58 bits per heavy atom. The molecule has 0 saturated heterocycles. The molecule has 3 rings (SSSR count). The van der Waals surface area contributed by atoms with Gasteiger partial charge >= 0.3 is 5.97 Å². The normalized spacial score (nSPS) is 13.2. The van der Waals surface area contributed by atoms with Crippen LogP contribution in [-0.4, -0.2) is 52.3 Å². The molecule has 1 aliphatic rings. The second-order valence-corrected chi connectivity index (χ2v) is 9.30. The van der Waals surface area contributed by atoms with Gasteiger partial charge in [-0.25, -0.2) is 4.98 Å². The lowest BCUT2D eigenvalue weighted by atomic mass is 9.84. The van der Waals surface area contributed by atoms with E-state index in [-0.39, 0.29) is 30.1 Å². The van der Waals surface area contributed by atoms with Crippen molar-refractivity contribution in [2.24, 2.45) is 0 Å². The van der Waals surface area contributed by atoms with Gasteiger partial charge in [0.1, 0.15) is 23.8 Å². The van der Waals surface area contributed by atoms with Crippen molar-refractivity contribution in [2.45, 2.75) is 53.5 Å². The van der Waals surface area contributed by atoms with Gasteiger partial charge in [0.25, 0.3) is 0 Å². The molecular weight excluding hydrogens is 420 g/mol. The van der Waals surface area contributed by atoms with Crippen LogP contribution in [0.25, 0.3) is 0 Å². The Kier molecular flexibility index (Phi) is 6.76. The summed E-state index contributed by atoms with van der Waals surface area (Å²) in [5, 5.41) is 20.5. The Hall–Kier alpha value is -3.42. The molecule has 2 heterocycles. The number of nitrogens with zero attached hydrogens (tertiary/aromatic N) is 2. The smallest absolute Gasteiger partial charge is 0.322 e. The predicted molar refractivity (Wildman–Crippen MR) is 128 cm³/mol. The summed E-state index contributed by atoms with van der Waals surface area (Å²) in [5.41, 5.74) is 5.02. The van der Waals surface area contributed by atoms with E-state index in [0.29, 0.717) is 30.1 Å². The Balaban J connectivity index is 1.84. The molecule has 3 N–H and O–H groups in total. The Morgan fingerprint density at radius 2 is 1.97 bits per heavy atom. The number of carboxylic acid groups (broad SMARTS) is 1. The number of carbonyl (C=O) groups is 2. The molecule has 1 aliphatic heterocycles. The molecule has 2 aromatic rings. The van der Waals surface area contributed by atoms with E-state index in [4.69, 9.17) is 15.3 Å². The van der Waals surface area contributed by atoms with Gasteiger partial charge < -0.3 is 20.1 Å². The summed E-state index contributed by atoms with van der Waals surface area (Å²) in [4.78, 5) is 30.5. The standard InChI is InChI=1S/C25H32N4O4/c1-7-33-23-14(2)17-12-29(24(26)22(17)28-15(23)3)13-20(30)16-8-9-19(27-11-21(31)32)18(10-16)25(4,5)6/h8-10,26-27H,7,11-13H2,1-6H3,(H,31,32). The number of fused-ring (bicyclic) bond motifs is 1. The van der Waals surface area contributed by atoms with Gasteiger partial charge in [0, 0.05) is 28.9 Å². The average Bonchev–Trinajstić information content (AvgIpc) is 3.04. The van der Waals surface area contributed by atoms with Crippen LogP contribution in [0.1, 0.15) is 66.1 Å². The second-order valence-electron chi connectivity index (χ2n) is 9.30. The number of ketones is 1. The van der Waals surface area contributed by atoms with Gasteiger partial charge in [-0.2, -0.15) is 0 Å². The number of benzene rings is 1. The summed E-state index contributed by atoms with van der Waals surface area (Å²) in [6, 6.07) is 5.28. The number of aryl methyl sites for hydroxylation is 1. The monoisotopic (exact) mass is 452 g/mol. The van der Waals surface area contributed by atoms with Gasteiger partial charge in [0.05, 0.1) is 18.8 Å². The highest BCUT2D eigenvalue weighted by Crippen LogP contribution is 2.33. The van der Waals surface area contributed by atoms with Crippen LogP contribution in [0.4, 0.5) is 5.69 Å². The van der Waals surface area contributed by atoms with Crippen molar-refractivity contribution in [2.75, 3.05) is 25.0 Å². The molecule has 0 saturated carbocycles. The third kappa shape index (κ3) is 4.99. The van der Waals surface area contributed by atoms with E-state index in [9.17, 15) is 9.59 Å². The first-order chi connectivity index (χ1) is 15.4. The number of nitrogens with one attached hydrogen (secondary N) is 2. The van der Waals surface area contributed by atoms with Crippen LogP contribution in [0, 0.1) is 19.3 Å². The SMILES string of the molecule is CCOc1c(C)nc2c(c1C)CN(CC(=O)c1ccc(NCC(=O)O)c(C(C)(C)C)c1)C2=N. The fourth-order valence-electron chi connectivity index (χ4n) is 4.10. The molecule has 1 aromatic heterocycles. The third-order valence-electron chi connectivity index (χ3n) is 5.78. The maximum absolute atomic E-state index is 13.2.